The van der Waals surface area contributed by atoms with Gasteiger partial charge in [0.1, 0.15) is 11.4 Å². The lowest BCUT2D eigenvalue weighted by molar-refractivity contribution is 0.0844. The topological polar surface area (TPSA) is 35.2 Å². The average molecular weight is 270 g/mol. The van der Waals surface area contributed by atoms with Gasteiger partial charge < -0.3 is 10.5 Å². The summed E-state index contributed by atoms with van der Waals surface area (Å²) in [5.41, 5.74) is 5.71. The predicted octanol–water partition coefficient (Wildman–Crippen LogP) is 3.10. The van der Waals surface area contributed by atoms with Crippen molar-refractivity contribution >= 4 is 15.9 Å². The summed E-state index contributed by atoms with van der Waals surface area (Å²) >= 11 is 3.49. The average Bonchev–Trinajstić information content (AvgIpc) is 2.71. The maximum atomic E-state index is 6.07. The van der Waals surface area contributed by atoms with Gasteiger partial charge in [0.15, 0.2) is 0 Å². The second kappa shape index (κ2) is 4.54. The van der Waals surface area contributed by atoms with Crippen LogP contribution >= 0.6 is 15.9 Å². The normalized spacial score (nSPS) is 19.1. The zero-order valence-corrected chi connectivity index (χ0v) is 10.3. The van der Waals surface area contributed by atoms with Crippen LogP contribution in [0.15, 0.2) is 28.7 Å². The Hall–Kier alpha value is -0.540. The molecule has 2 N–H and O–H groups in total. The first kappa shape index (κ1) is 11.0. The summed E-state index contributed by atoms with van der Waals surface area (Å²) in [6.45, 7) is 0.605. The van der Waals surface area contributed by atoms with Crippen LogP contribution in [0.25, 0.3) is 0 Å². The molecule has 0 saturated heterocycles. The van der Waals surface area contributed by atoms with Crippen molar-refractivity contribution in [2.24, 2.45) is 5.73 Å². The quantitative estimate of drug-likeness (QED) is 0.916. The lowest BCUT2D eigenvalue weighted by atomic mass is 10.0. The Bertz CT molecular complexity index is 334. The molecule has 0 unspecified atom stereocenters. The van der Waals surface area contributed by atoms with Crippen LogP contribution in [-0.2, 0) is 0 Å². The van der Waals surface area contributed by atoms with E-state index in [9.17, 15) is 0 Å². The molecule has 0 aliphatic heterocycles. The molecule has 1 aromatic carbocycles. The number of rotatable bonds is 3. The standard InChI is InChI=1S/C12H16BrNO/c13-10-5-1-2-6-11(10)15-12(9-14)7-3-4-8-12/h1-2,5-6H,3-4,7-9,14H2. The minimum Gasteiger partial charge on any atom is -0.485 e. The number of hydrogen-bond acceptors (Lipinski definition) is 2. The van der Waals surface area contributed by atoms with Gasteiger partial charge in [0, 0.05) is 6.54 Å². The first-order valence-corrected chi connectivity index (χ1v) is 6.19. The van der Waals surface area contributed by atoms with E-state index in [-0.39, 0.29) is 5.60 Å². The first-order valence-electron chi connectivity index (χ1n) is 5.39. The fourth-order valence-electron chi connectivity index (χ4n) is 2.13. The van der Waals surface area contributed by atoms with Crippen molar-refractivity contribution in [1.82, 2.24) is 0 Å². The summed E-state index contributed by atoms with van der Waals surface area (Å²) in [6, 6.07) is 7.95. The molecule has 0 amide bonds. The number of halogens is 1. The van der Waals surface area contributed by atoms with E-state index in [2.05, 4.69) is 15.9 Å². The molecule has 0 spiro atoms. The molecule has 0 atom stereocenters. The Morgan fingerprint density at radius 3 is 2.53 bits per heavy atom. The van der Waals surface area contributed by atoms with Crippen molar-refractivity contribution in [2.75, 3.05) is 6.54 Å². The smallest absolute Gasteiger partial charge is 0.134 e. The van der Waals surface area contributed by atoms with Crippen molar-refractivity contribution in [1.29, 1.82) is 0 Å². The Morgan fingerprint density at radius 2 is 1.93 bits per heavy atom. The highest BCUT2D eigenvalue weighted by atomic mass is 79.9. The maximum Gasteiger partial charge on any atom is 0.134 e. The minimum atomic E-state index is -0.121. The summed E-state index contributed by atoms with van der Waals surface area (Å²) in [7, 11) is 0. The summed E-state index contributed by atoms with van der Waals surface area (Å²) in [6.07, 6.45) is 4.60. The lowest BCUT2D eigenvalue weighted by Gasteiger charge is -2.29. The molecular formula is C12H16BrNO. The number of para-hydroxylation sites is 1. The molecular weight excluding hydrogens is 254 g/mol. The van der Waals surface area contributed by atoms with Crippen molar-refractivity contribution in [3.8, 4) is 5.75 Å². The second-order valence-electron chi connectivity index (χ2n) is 4.13. The second-order valence-corrected chi connectivity index (χ2v) is 4.98. The number of ether oxygens (including phenoxy) is 1. The predicted molar refractivity (Wildman–Crippen MR) is 65.0 cm³/mol. The van der Waals surface area contributed by atoms with Crippen LogP contribution in [0.1, 0.15) is 25.7 Å². The van der Waals surface area contributed by atoms with E-state index >= 15 is 0 Å². The van der Waals surface area contributed by atoms with Gasteiger partial charge in [0.2, 0.25) is 0 Å². The Labute approximate surface area is 98.9 Å². The summed E-state index contributed by atoms with van der Waals surface area (Å²) < 4.78 is 7.08. The lowest BCUT2D eigenvalue weighted by Crippen LogP contribution is -2.40. The highest BCUT2D eigenvalue weighted by molar-refractivity contribution is 9.10. The van der Waals surface area contributed by atoms with Gasteiger partial charge >= 0.3 is 0 Å². The van der Waals surface area contributed by atoms with Gasteiger partial charge in [0.25, 0.3) is 0 Å². The highest BCUT2D eigenvalue weighted by Gasteiger charge is 2.34. The number of benzene rings is 1. The van der Waals surface area contributed by atoms with Gasteiger partial charge in [-0.2, -0.15) is 0 Å². The molecule has 1 aromatic rings. The molecule has 0 heterocycles. The third kappa shape index (κ3) is 2.34. The number of hydrogen-bond donors (Lipinski definition) is 1. The van der Waals surface area contributed by atoms with E-state index in [1.54, 1.807) is 0 Å². The first-order chi connectivity index (χ1) is 7.26. The molecule has 2 rings (SSSR count). The van der Waals surface area contributed by atoms with Gasteiger partial charge in [0.05, 0.1) is 4.47 Å². The molecule has 1 aliphatic rings. The largest absolute Gasteiger partial charge is 0.485 e. The zero-order valence-electron chi connectivity index (χ0n) is 8.71. The van der Waals surface area contributed by atoms with Gasteiger partial charge in [-0.05, 0) is 53.7 Å². The van der Waals surface area contributed by atoms with Crippen LogP contribution in [0.5, 0.6) is 5.75 Å². The van der Waals surface area contributed by atoms with Crippen LogP contribution in [-0.4, -0.2) is 12.1 Å². The van der Waals surface area contributed by atoms with Gasteiger partial charge in [-0.15, -0.1) is 0 Å². The van der Waals surface area contributed by atoms with Crippen LogP contribution in [0.2, 0.25) is 0 Å². The molecule has 1 fully saturated rings. The summed E-state index contributed by atoms with van der Waals surface area (Å²) in [4.78, 5) is 0. The van der Waals surface area contributed by atoms with Crippen molar-refractivity contribution in [2.45, 2.75) is 31.3 Å². The van der Waals surface area contributed by atoms with E-state index in [1.165, 1.54) is 12.8 Å². The van der Waals surface area contributed by atoms with Crippen LogP contribution in [0.4, 0.5) is 0 Å². The SMILES string of the molecule is NCC1(Oc2ccccc2Br)CCCC1. The van der Waals surface area contributed by atoms with Gasteiger partial charge in [-0.1, -0.05) is 12.1 Å². The zero-order chi connectivity index (χ0) is 10.7. The third-order valence-electron chi connectivity index (χ3n) is 3.05. The molecule has 2 nitrogen and oxygen atoms in total. The van der Waals surface area contributed by atoms with E-state index in [0.29, 0.717) is 6.54 Å². The Morgan fingerprint density at radius 1 is 1.27 bits per heavy atom. The van der Waals surface area contributed by atoms with Crippen molar-refractivity contribution < 1.29 is 4.74 Å². The summed E-state index contributed by atoms with van der Waals surface area (Å²) in [5.74, 6) is 0.907. The Balaban J connectivity index is 2.16. The van der Waals surface area contributed by atoms with Crippen molar-refractivity contribution in [3.63, 3.8) is 0 Å². The maximum absolute atomic E-state index is 6.07. The molecule has 1 saturated carbocycles. The highest BCUT2D eigenvalue weighted by Crippen LogP contribution is 2.36. The molecule has 3 heteroatoms. The van der Waals surface area contributed by atoms with Crippen LogP contribution in [0.3, 0.4) is 0 Å². The fraction of sp³-hybridized carbons (Fsp3) is 0.500. The molecule has 82 valence electrons. The monoisotopic (exact) mass is 269 g/mol. The molecule has 0 aromatic heterocycles. The third-order valence-corrected chi connectivity index (χ3v) is 3.71. The molecule has 0 radical (unpaired) electrons. The molecule has 0 bridgehead atoms. The van der Waals surface area contributed by atoms with Gasteiger partial charge in [-0.3, -0.25) is 0 Å². The van der Waals surface area contributed by atoms with Crippen molar-refractivity contribution in [3.05, 3.63) is 28.7 Å². The van der Waals surface area contributed by atoms with E-state index in [1.807, 2.05) is 24.3 Å². The summed E-state index contributed by atoms with van der Waals surface area (Å²) in [5, 5.41) is 0. The number of nitrogens with two attached hydrogens (primary N) is 1. The van der Waals surface area contributed by atoms with E-state index in [0.717, 1.165) is 23.1 Å². The van der Waals surface area contributed by atoms with Crippen LogP contribution in [0, 0.1) is 0 Å². The van der Waals surface area contributed by atoms with Gasteiger partial charge in [-0.25, -0.2) is 0 Å². The minimum absolute atomic E-state index is 0.121. The van der Waals surface area contributed by atoms with E-state index in [4.69, 9.17) is 10.5 Å². The van der Waals surface area contributed by atoms with E-state index < -0.39 is 0 Å². The Kier molecular flexibility index (Phi) is 3.32. The van der Waals surface area contributed by atoms with Crippen LogP contribution < -0.4 is 10.5 Å². The molecule has 1 aliphatic carbocycles. The molecule has 15 heavy (non-hydrogen) atoms. The fourth-order valence-corrected chi connectivity index (χ4v) is 2.49.